The van der Waals surface area contributed by atoms with E-state index in [1.807, 2.05) is 10.8 Å². The first-order chi connectivity index (χ1) is 9.10. The summed E-state index contributed by atoms with van der Waals surface area (Å²) >= 11 is 0. The van der Waals surface area contributed by atoms with Crippen LogP contribution in [0.3, 0.4) is 0 Å². The molecule has 0 radical (unpaired) electrons. The Bertz CT molecular complexity index is 439. The van der Waals surface area contributed by atoms with Crippen LogP contribution in [0.1, 0.15) is 56.4 Å². The van der Waals surface area contributed by atoms with Gasteiger partial charge in [-0.15, -0.1) is 0 Å². The van der Waals surface area contributed by atoms with Crippen molar-refractivity contribution in [2.24, 2.45) is 5.92 Å². The van der Waals surface area contributed by atoms with Crippen molar-refractivity contribution >= 4 is 11.6 Å². The molecule has 1 heterocycles. The number of rotatable bonds is 4. The summed E-state index contributed by atoms with van der Waals surface area (Å²) in [5.41, 5.74) is 7.16. The molecule has 1 aromatic rings. The van der Waals surface area contributed by atoms with Crippen molar-refractivity contribution < 1.29 is 4.79 Å². The van der Waals surface area contributed by atoms with E-state index in [2.05, 4.69) is 19.2 Å². The van der Waals surface area contributed by atoms with E-state index < -0.39 is 0 Å². The Morgan fingerprint density at radius 2 is 2.32 bits per heavy atom. The fourth-order valence-corrected chi connectivity index (χ4v) is 2.97. The third-order valence-electron chi connectivity index (χ3n) is 3.89. The summed E-state index contributed by atoms with van der Waals surface area (Å²) in [4.78, 5) is 12.3. The summed E-state index contributed by atoms with van der Waals surface area (Å²) in [6.07, 6.45) is 7.53. The molecular weight excluding hydrogens is 238 g/mol. The number of nitrogens with one attached hydrogen (secondary N) is 1. The molecule has 1 aliphatic rings. The number of nitrogen functional groups attached to an aromatic ring is 1. The van der Waals surface area contributed by atoms with Gasteiger partial charge in [-0.05, 0) is 31.2 Å². The Morgan fingerprint density at radius 3 is 3.00 bits per heavy atom. The van der Waals surface area contributed by atoms with Gasteiger partial charge in [-0.1, -0.05) is 26.7 Å². The number of anilines is 1. The summed E-state index contributed by atoms with van der Waals surface area (Å²) in [5.74, 6) is 0.732. The van der Waals surface area contributed by atoms with Gasteiger partial charge in [-0.3, -0.25) is 4.79 Å². The van der Waals surface area contributed by atoms with Gasteiger partial charge in [0, 0.05) is 18.8 Å². The monoisotopic (exact) mass is 263 g/mol. The van der Waals surface area contributed by atoms with Crippen LogP contribution in [0, 0.1) is 5.92 Å². The molecule has 4 heteroatoms. The molecule has 1 aromatic heterocycles. The van der Waals surface area contributed by atoms with Crippen molar-refractivity contribution in [3.05, 3.63) is 18.0 Å². The summed E-state index contributed by atoms with van der Waals surface area (Å²) < 4.78 is 1.96. The van der Waals surface area contributed by atoms with E-state index >= 15 is 0 Å². The van der Waals surface area contributed by atoms with Crippen molar-refractivity contribution in [3.63, 3.8) is 0 Å². The molecule has 1 saturated carbocycles. The van der Waals surface area contributed by atoms with Gasteiger partial charge in [0.15, 0.2) is 0 Å². The normalized spacial score (nSPS) is 23.3. The van der Waals surface area contributed by atoms with Gasteiger partial charge in [0.25, 0.3) is 5.91 Å². The molecule has 0 aliphatic heterocycles. The maximum atomic E-state index is 12.3. The first kappa shape index (κ1) is 14.0. The molecule has 2 rings (SSSR count). The summed E-state index contributed by atoms with van der Waals surface area (Å²) in [6, 6.07) is 2.10. The Kier molecular flexibility index (Phi) is 4.51. The maximum absolute atomic E-state index is 12.3. The topological polar surface area (TPSA) is 60.0 Å². The number of amides is 1. The summed E-state index contributed by atoms with van der Waals surface area (Å²) in [6.45, 7) is 5.19. The minimum Gasteiger partial charge on any atom is -0.397 e. The number of carbonyl (C=O) groups excluding carboxylic acids is 1. The smallest absolute Gasteiger partial charge is 0.268 e. The molecule has 1 fully saturated rings. The van der Waals surface area contributed by atoms with Gasteiger partial charge in [-0.2, -0.15) is 0 Å². The van der Waals surface area contributed by atoms with E-state index in [-0.39, 0.29) is 5.91 Å². The average molecular weight is 263 g/mol. The van der Waals surface area contributed by atoms with E-state index in [4.69, 9.17) is 5.73 Å². The second kappa shape index (κ2) is 6.13. The Hall–Kier alpha value is -1.45. The average Bonchev–Trinajstić information content (AvgIpc) is 2.71. The highest BCUT2D eigenvalue weighted by Gasteiger charge is 2.22. The van der Waals surface area contributed by atoms with Gasteiger partial charge in [0.05, 0.1) is 5.69 Å². The second-order valence-electron chi connectivity index (χ2n) is 5.79. The number of hydrogen-bond acceptors (Lipinski definition) is 2. The third-order valence-corrected chi connectivity index (χ3v) is 3.89. The van der Waals surface area contributed by atoms with E-state index in [0.29, 0.717) is 23.3 Å². The predicted octanol–water partition coefficient (Wildman–Crippen LogP) is 2.79. The fourth-order valence-electron chi connectivity index (χ4n) is 2.97. The van der Waals surface area contributed by atoms with Crippen LogP contribution >= 0.6 is 0 Å². The molecule has 4 nitrogen and oxygen atoms in total. The van der Waals surface area contributed by atoms with Gasteiger partial charge >= 0.3 is 0 Å². The highest BCUT2D eigenvalue weighted by Crippen LogP contribution is 2.24. The van der Waals surface area contributed by atoms with Crippen LogP contribution in [-0.4, -0.2) is 16.5 Å². The maximum Gasteiger partial charge on any atom is 0.268 e. The minimum atomic E-state index is 0.0178. The molecule has 2 atom stereocenters. The zero-order valence-corrected chi connectivity index (χ0v) is 12.0. The Balaban J connectivity index is 2.02. The molecule has 0 bridgehead atoms. The van der Waals surface area contributed by atoms with Crippen LogP contribution in [0.25, 0.3) is 0 Å². The van der Waals surface area contributed by atoms with E-state index in [0.717, 1.165) is 25.8 Å². The lowest BCUT2D eigenvalue weighted by Gasteiger charge is -2.27. The standard InChI is InChI=1S/C15H25N3O/c1-3-7-18-10-12(16)9-14(18)15(19)17-13-6-4-5-11(2)8-13/h9-11,13H,3-8,16H2,1-2H3,(H,17,19). The van der Waals surface area contributed by atoms with Crippen LogP contribution in [0.5, 0.6) is 0 Å². The van der Waals surface area contributed by atoms with Gasteiger partial charge in [-0.25, -0.2) is 0 Å². The SMILES string of the molecule is CCCn1cc(N)cc1C(=O)NC1CCCC(C)C1. The minimum absolute atomic E-state index is 0.0178. The van der Waals surface area contributed by atoms with Crippen molar-refractivity contribution in [3.8, 4) is 0 Å². The third kappa shape index (κ3) is 3.52. The molecule has 0 aromatic carbocycles. The number of aryl methyl sites for hydroxylation is 1. The highest BCUT2D eigenvalue weighted by atomic mass is 16.2. The molecule has 106 valence electrons. The largest absolute Gasteiger partial charge is 0.397 e. The fraction of sp³-hybridized carbons (Fsp3) is 0.667. The molecule has 0 spiro atoms. The van der Waals surface area contributed by atoms with Gasteiger partial charge in [0.1, 0.15) is 5.69 Å². The van der Waals surface area contributed by atoms with Crippen molar-refractivity contribution in [1.29, 1.82) is 0 Å². The number of carbonyl (C=O) groups is 1. The summed E-state index contributed by atoms with van der Waals surface area (Å²) in [7, 11) is 0. The lowest BCUT2D eigenvalue weighted by Crippen LogP contribution is -2.38. The van der Waals surface area contributed by atoms with Crippen molar-refractivity contribution in [1.82, 2.24) is 9.88 Å². The van der Waals surface area contributed by atoms with Gasteiger partial charge < -0.3 is 15.6 Å². The Labute approximate surface area is 115 Å². The molecular formula is C15H25N3O. The Morgan fingerprint density at radius 1 is 1.53 bits per heavy atom. The van der Waals surface area contributed by atoms with Crippen LogP contribution < -0.4 is 11.1 Å². The summed E-state index contributed by atoms with van der Waals surface area (Å²) in [5, 5.41) is 3.16. The molecule has 19 heavy (non-hydrogen) atoms. The molecule has 0 saturated heterocycles. The lowest BCUT2D eigenvalue weighted by atomic mass is 9.87. The van der Waals surface area contributed by atoms with Crippen LogP contribution in [0.4, 0.5) is 5.69 Å². The second-order valence-corrected chi connectivity index (χ2v) is 5.79. The van der Waals surface area contributed by atoms with Crippen molar-refractivity contribution in [2.75, 3.05) is 5.73 Å². The first-order valence-corrected chi connectivity index (χ1v) is 7.36. The molecule has 2 unspecified atom stereocenters. The van der Waals surface area contributed by atoms with Crippen molar-refractivity contribution in [2.45, 2.75) is 58.5 Å². The van der Waals surface area contributed by atoms with E-state index in [9.17, 15) is 4.79 Å². The van der Waals surface area contributed by atoms with Gasteiger partial charge in [0.2, 0.25) is 0 Å². The van der Waals surface area contributed by atoms with E-state index in [1.54, 1.807) is 6.07 Å². The van der Waals surface area contributed by atoms with Crippen LogP contribution in [0.2, 0.25) is 0 Å². The number of hydrogen-bond donors (Lipinski definition) is 2. The molecule has 1 aliphatic carbocycles. The van der Waals surface area contributed by atoms with E-state index in [1.165, 1.54) is 12.8 Å². The predicted molar refractivity (Wildman–Crippen MR) is 78.0 cm³/mol. The number of aromatic nitrogens is 1. The molecule has 1 amide bonds. The zero-order valence-electron chi connectivity index (χ0n) is 12.0. The zero-order chi connectivity index (χ0) is 13.8. The number of nitrogens with two attached hydrogens (primary N) is 1. The lowest BCUT2D eigenvalue weighted by molar-refractivity contribution is 0.0912. The number of nitrogens with zero attached hydrogens (tertiary/aromatic N) is 1. The first-order valence-electron chi connectivity index (χ1n) is 7.36. The quantitative estimate of drug-likeness (QED) is 0.877. The van der Waals surface area contributed by atoms with Crippen LogP contribution in [0.15, 0.2) is 12.3 Å². The van der Waals surface area contributed by atoms with Crippen LogP contribution in [-0.2, 0) is 6.54 Å². The highest BCUT2D eigenvalue weighted by molar-refractivity contribution is 5.94. The molecule has 3 N–H and O–H groups in total.